The van der Waals surface area contributed by atoms with Gasteiger partial charge in [0.1, 0.15) is 17.4 Å². The third-order valence-electron chi connectivity index (χ3n) is 7.85. The highest BCUT2D eigenvalue weighted by molar-refractivity contribution is 5.97. The van der Waals surface area contributed by atoms with Crippen molar-refractivity contribution < 1.29 is 23.1 Å². The number of nitrogens with one attached hydrogen (secondary N) is 1. The maximum Gasteiger partial charge on any atom is 0.256 e. The number of para-hydroxylation sites is 1. The molecule has 0 atom stereocenters. The molecule has 1 saturated heterocycles. The van der Waals surface area contributed by atoms with Gasteiger partial charge < -0.3 is 19.9 Å². The van der Waals surface area contributed by atoms with Crippen LogP contribution in [0.3, 0.4) is 0 Å². The molecule has 1 N–H and O–H groups in total. The van der Waals surface area contributed by atoms with Crippen molar-refractivity contribution in [2.75, 3.05) is 44.2 Å². The average Bonchev–Trinajstić information content (AvgIpc) is 2.97. The number of aryl methyl sites for hydroxylation is 1. The number of carbonyl (C=O) groups excluding carboxylic acids is 2. The Morgan fingerprint density at radius 3 is 2.60 bits per heavy atom. The number of aromatic nitrogens is 2. The van der Waals surface area contributed by atoms with Gasteiger partial charge in [0.15, 0.2) is 11.6 Å². The number of hydrogen-bond donors (Lipinski definition) is 1. The van der Waals surface area contributed by atoms with Gasteiger partial charge in [-0.15, -0.1) is 0 Å². The van der Waals surface area contributed by atoms with Gasteiger partial charge in [0.05, 0.1) is 17.7 Å². The number of halogens is 2. The molecular weight excluding hydrogens is 516 g/mol. The Labute approximate surface area is 232 Å². The monoisotopic (exact) mass is 549 g/mol. The summed E-state index contributed by atoms with van der Waals surface area (Å²) in [7, 11) is 0. The Hall–Kier alpha value is -4.08. The molecule has 2 amide bonds. The smallest absolute Gasteiger partial charge is 0.256 e. The number of rotatable bonds is 2. The Morgan fingerprint density at radius 1 is 1.00 bits per heavy atom. The second-order valence-corrected chi connectivity index (χ2v) is 10.5. The van der Waals surface area contributed by atoms with Gasteiger partial charge in [-0.3, -0.25) is 9.59 Å². The number of amides is 2. The Morgan fingerprint density at radius 2 is 1.80 bits per heavy atom. The third-order valence-corrected chi connectivity index (χ3v) is 7.85. The largest absolute Gasteiger partial charge is 0.492 e. The molecule has 8 nitrogen and oxygen atoms in total. The van der Waals surface area contributed by atoms with Gasteiger partial charge in [-0.05, 0) is 62.9 Å². The molecule has 3 aromatic rings. The van der Waals surface area contributed by atoms with E-state index >= 15 is 0 Å². The summed E-state index contributed by atoms with van der Waals surface area (Å²) in [6, 6.07) is 12.7. The van der Waals surface area contributed by atoms with E-state index in [-0.39, 0.29) is 16.9 Å². The van der Waals surface area contributed by atoms with Gasteiger partial charge in [-0.25, -0.2) is 18.7 Å². The highest BCUT2D eigenvalue weighted by atomic mass is 19.2. The van der Waals surface area contributed by atoms with Crippen LogP contribution in [0.2, 0.25) is 0 Å². The zero-order valence-electron chi connectivity index (χ0n) is 22.5. The number of benzene rings is 2. The molecule has 2 aromatic carbocycles. The molecule has 2 aliphatic rings. The molecule has 1 aromatic heterocycles. The van der Waals surface area contributed by atoms with Crippen molar-refractivity contribution in [1.29, 1.82) is 0 Å². The first-order valence-corrected chi connectivity index (χ1v) is 13.6. The van der Waals surface area contributed by atoms with Crippen molar-refractivity contribution in [3.05, 3.63) is 83.3 Å². The maximum atomic E-state index is 14.3. The van der Waals surface area contributed by atoms with Crippen LogP contribution in [0, 0.1) is 24.0 Å². The highest BCUT2D eigenvalue weighted by Crippen LogP contribution is 2.38. The molecule has 0 saturated carbocycles. The first-order valence-electron chi connectivity index (χ1n) is 13.6. The molecule has 1 fully saturated rings. The van der Waals surface area contributed by atoms with Gasteiger partial charge in [0.25, 0.3) is 11.8 Å². The Balaban J connectivity index is 1.37. The van der Waals surface area contributed by atoms with Crippen LogP contribution in [0.15, 0.2) is 54.7 Å². The predicted octanol–water partition coefficient (Wildman–Crippen LogP) is 4.39. The summed E-state index contributed by atoms with van der Waals surface area (Å²) in [6.07, 6.45) is 4.67. The van der Waals surface area contributed by atoms with E-state index in [1.54, 1.807) is 29.3 Å². The summed E-state index contributed by atoms with van der Waals surface area (Å²) in [5.74, 6) is -0.871. The minimum Gasteiger partial charge on any atom is -0.492 e. The minimum atomic E-state index is -1.12. The van der Waals surface area contributed by atoms with Crippen LogP contribution >= 0.6 is 0 Å². The number of fused-ring (bicyclic) bond motifs is 1. The number of carbonyl (C=O) groups is 2. The van der Waals surface area contributed by atoms with Crippen LogP contribution in [0.5, 0.6) is 5.75 Å². The van der Waals surface area contributed by atoms with Gasteiger partial charge in [0.2, 0.25) is 0 Å². The third kappa shape index (κ3) is 6.05. The predicted molar refractivity (Wildman–Crippen MR) is 146 cm³/mol. The van der Waals surface area contributed by atoms with E-state index in [0.717, 1.165) is 31.3 Å². The lowest BCUT2D eigenvalue weighted by molar-refractivity contribution is 0.0361. The van der Waals surface area contributed by atoms with E-state index in [4.69, 9.17) is 4.74 Å². The molecule has 3 heterocycles. The fraction of sp³-hybridized carbons (Fsp3) is 0.400. The summed E-state index contributed by atoms with van der Waals surface area (Å²) < 4.78 is 34.4. The van der Waals surface area contributed by atoms with Crippen molar-refractivity contribution in [3.63, 3.8) is 0 Å². The van der Waals surface area contributed by atoms with Crippen molar-refractivity contribution >= 4 is 17.6 Å². The fourth-order valence-electron chi connectivity index (χ4n) is 5.51. The van der Waals surface area contributed by atoms with Crippen LogP contribution in [0.1, 0.15) is 52.2 Å². The molecule has 1 spiro atoms. The Kier molecular flexibility index (Phi) is 8.23. The molecule has 210 valence electrons. The number of anilines is 1. The molecule has 5 rings (SSSR count). The van der Waals surface area contributed by atoms with E-state index in [1.165, 1.54) is 12.1 Å². The average molecular weight is 550 g/mol. The number of likely N-dealkylation sites (tertiary alicyclic amines) is 1. The van der Waals surface area contributed by atoms with Crippen molar-refractivity contribution in [2.45, 2.75) is 32.6 Å². The molecule has 0 bridgehead atoms. The lowest BCUT2D eigenvalue weighted by Crippen LogP contribution is -2.46. The Bertz CT molecular complexity index is 1380. The zero-order chi connectivity index (χ0) is 28.1. The second kappa shape index (κ2) is 12.0. The van der Waals surface area contributed by atoms with Gasteiger partial charge in [0, 0.05) is 44.3 Å². The first-order chi connectivity index (χ1) is 19.3. The molecule has 0 radical (unpaired) electrons. The summed E-state index contributed by atoms with van der Waals surface area (Å²) in [4.78, 5) is 38.6. The van der Waals surface area contributed by atoms with E-state index in [9.17, 15) is 18.4 Å². The topological polar surface area (TPSA) is 87.7 Å². The molecule has 0 unspecified atom stereocenters. The van der Waals surface area contributed by atoms with Crippen LogP contribution in [0.4, 0.5) is 14.6 Å². The summed E-state index contributed by atoms with van der Waals surface area (Å²) in [5, 5.41) is 3.00. The van der Waals surface area contributed by atoms with Gasteiger partial charge in [-0.1, -0.05) is 18.2 Å². The molecule has 40 heavy (non-hydrogen) atoms. The zero-order valence-corrected chi connectivity index (χ0v) is 22.5. The molecule has 2 aliphatic heterocycles. The lowest BCUT2D eigenvalue weighted by Gasteiger charge is -2.42. The maximum absolute atomic E-state index is 14.3. The number of nitrogens with zero attached hydrogens (tertiary/aromatic N) is 4. The van der Waals surface area contributed by atoms with E-state index in [1.807, 2.05) is 19.1 Å². The van der Waals surface area contributed by atoms with Gasteiger partial charge in [-0.2, -0.15) is 0 Å². The standard InChI is InChI=1S/C30H33F2N5O3/c1-21-33-14-10-26(35-21)36-16-5-11-30(20-40-25-9-3-2-6-22(25)28(38)34-15-19-36)12-17-37(18-13-30)29(39)23-7-4-8-24(31)27(23)32/h2-4,6-10,14H,5,11-13,15-20H2,1H3,(H,34,38). The normalized spacial score (nSPS) is 18.0. The van der Waals surface area contributed by atoms with Gasteiger partial charge >= 0.3 is 0 Å². The highest BCUT2D eigenvalue weighted by Gasteiger charge is 2.38. The van der Waals surface area contributed by atoms with Crippen LogP contribution < -0.4 is 15.0 Å². The summed E-state index contributed by atoms with van der Waals surface area (Å²) in [5.41, 5.74) is -0.0456. The van der Waals surface area contributed by atoms with Crippen molar-refractivity contribution in [3.8, 4) is 5.75 Å². The molecule has 0 aliphatic carbocycles. The van der Waals surface area contributed by atoms with E-state index in [2.05, 4.69) is 20.2 Å². The number of piperidine rings is 1. The van der Waals surface area contributed by atoms with E-state index < -0.39 is 17.5 Å². The SMILES string of the molecule is Cc1nccc(N2CCCC3(CCN(C(=O)c4cccc(F)c4F)CC3)COc3ccccc3C(=O)NCC2)n1. The van der Waals surface area contributed by atoms with Crippen LogP contribution in [0.25, 0.3) is 0 Å². The summed E-state index contributed by atoms with van der Waals surface area (Å²) >= 11 is 0. The number of hydrogen-bond acceptors (Lipinski definition) is 6. The second-order valence-electron chi connectivity index (χ2n) is 10.5. The van der Waals surface area contributed by atoms with Crippen LogP contribution in [-0.4, -0.2) is 66.0 Å². The van der Waals surface area contributed by atoms with Crippen molar-refractivity contribution in [2.24, 2.45) is 5.41 Å². The quantitative estimate of drug-likeness (QED) is 0.510. The molecule has 10 heteroatoms. The summed E-state index contributed by atoms with van der Waals surface area (Å²) in [6.45, 7) is 4.76. The number of ether oxygens (including phenoxy) is 1. The van der Waals surface area contributed by atoms with Crippen LogP contribution in [-0.2, 0) is 0 Å². The van der Waals surface area contributed by atoms with Crippen molar-refractivity contribution in [1.82, 2.24) is 20.2 Å². The molecular formula is C30H33F2N5O3. The lowest BCUT2D eigenvalue weighted by atomic mass is 9.75. The first kappa shape index (κ1) is 27.5. The van der Waals surface area contributed by atoms with E-state index in [0.29, 0.717) is 62.8 Å². The fourth-order valence-corrected chi connectivity index (χ4v) is 5.51. The minimum absolute atomic E-state index is 0.208.